The Balaban J connectivity index is 1.88. The molecule has 2 unspecified atom stereocenters. The van der Waals surface area contributed by atoms with E-state index in [4.69, 9.17) is 0 Å². The van der Waals surface area contributed by atoms with Crippen molar-refractivity contribution in [3.05, 3.63) is 0 Å². The van der Waals surface area contributed by atoms with E-state index in [-0.39, 0.29) is 6.04 Å². The van der Waals surface area contributed by atoms with Crippen LogP contribution in [-0.4, -0.2) is 45.4 Å². The molecule has 2 rings (SSSR count). The minimum absolute atomic E-state index is 0.176. The predicted molar refractivity (Wildman–Crippen MR) is 58.6 cm³/mol. The van der Waals surface area contributed by atoms with Gasteiger partial charge in [0.05, 0.1) is 0 Å². The minimum Gasteiger partial charge on any atom is -0.316 e. The molecule has 1 saturated heterocycles. The van der Waals surface area contributed by atoms with E-state index in [1.165, 1.54) is 4.31 Å². The first-order chi connectivity index (χ1) is 7.06. The van der Waals surface area contributed by atoms with E-state index in [0.29, 0.717) is 18.4 Å². The van der Waals surface area contributed by atoms with Gasteiger partial charge < -0.3 is 5.32 Å². The van der Waals surface area contributed by atoms with Crippen LogP contribution in [0.3, 0.4) is 0 Å². The van der Waals surface area contributed by atoms with E-state index < -0.39 is 10.2 Å². The third kappa shape index (κ3) is 2.18. The first-order valence-corrected chi connectivity index (χ1v) is 6.94. The molecule has 0 aromatic carbocycles. The second-order valence-electron chi connectivity index (χ2n) is 4.46. The Bertz CT molecular complexity index is 320. The monoisotopic (exact) mass is 233 g/mol. The Kier molecular flexibility index (Phi) is 3.03. The average molecular weight is 233 g/mol. The summed E-state index contributed by atoms with van der Waals surface area (Å²) in [5.74, 6) is 1.05. The van der Waals surface area contributed by atoms with Crippen molar-refractivity contribution < 1.29 is 8.42 Å². The van der Waals surface area contributed by atoms with Crippen molar-refractivity contribution in [1.29, 1.82) is 0 Å². The summed E-state index contributed by atoms with van der Waals surface area (Å²) in [6.45, 7) is 4.46. The van der Waals surface area contributed by atoms with E-state index in [1.807, 2.05) is 6.92 Å². The normalized spacial score (nSPS) is 34.5. The summed E-state index contributed by atoms with van der Waals surface area (Å²) in [7, 11) is -1.62. The summed E-state index contributed by atoms with van der Waals surface area (Å²) >= 11 is 0. The lowest BCUT2D eigenvalue weighted by molar-refractivity contribution is 0.452. The third-order valence-corrected chi connectivity index (χ3v) is 4.90. The van der Waals surface area contributed by atoms with Gasteiger partial charge in [-0.15, -0.1) is 0 Å². The summed E-state index contributed by atoms with van der Waals surface area (Å²) in [5, 5.41) is 3.24. The first kappa shape index (κ1) is 11.3. The Labute approximate surface area is 91.4 Å². The number of rotatable bonds is 5. The predicted octanol–water partition coefficient (Wildman–Crippen LogP) is -0.620. The van der Waals surface area contributed by atoms with Crippen molar-refractivity contribution >= 4 is 10.2 Å². The van der Waals surface area contributed by atoms with Gasteiger partial charge in [-0.3, -0.25) is 0 Å². The molecule has 6 heteroatoms. The molecule has 2 fully saturated rings. The van der Waals surface area contributed by atoms with Crippen LogP contribution in [0.15, 0.2) is 0 Å². The van der Waals surface area contributed by atoms with E-state index in [0.717, 1.165) is 19.5 Å². The van der Waals surface area contributed by atoms with E-state index in [1.54, 1.807) is 7.05 Å². The van der Waals surface area contributed by atoms with Gasteiger partial charge in [0, 0.05) is 19.6 Å². The van der Waals surface area contributed by atoms with E-state index in [9.17, 15) is 8.42 Å². The third-order valence-electron chi connectivity index (χ3n) is 3.33. The average Bonchev–Trinajstić information content (AvgIpc) is 2.64. The molecule has 1 heterocycles. The van der Waals surface area contributed by atoms with Crippen LogP contribution in [0.25, 0.3) is 0 Å². The highest BCUT2D eigenvalue weighted by Crippen LogP contribution is 2.42. The quantitative estimate of drug-likeness (QED) is 0.665. The molecule has 15 heavy (non-hydrogen) atoms. The Morgan fingerprint density at radius 3 is 2.53 bits per heavy atom. The first-order valence-electron chi connectivity index (χ1n) is 5.50. The molecule has 1 aliphatic carbocycles. The maximum absolute atomic E-state index is 11.8. The Hall–Kier alpha value is -0.170. The molecule has 0 radical (unpaired) electrons. The highest BCUT2D eigenvalue weighted by molar-refractivity contribution is 7.87. The van der Waals surface area contributed by atoms with Gasteiger partial charge in [0.2, 0.25) is 0 Å². The SMILES string of the molecule is CCCN(C)S(=O)(=O)NC1C2CNCC21. The number of piperidine rings is 1. The van der Waals surface area contributed by atoms with Crippen LogP contribution < -0.4 is 10.0 Å². The molecule has 0 bridgehead atoms. The molecule has 1 saturated carbocycles. The van der Waals surface area contributed by atoms with Crippen molar-refractivity contribution in [2.75, 3.05) is 26.7 Å². The molecule has 2 N–H and O–H groups in total. The van der Waals surface area contributed by atoms with Crippen molar-refractivity contribution in [2.24, 2.45) is 11.8 Å². The maximum atomic E-state index is 11.8. The maximum Gasteiger partial charge on any atom is 0.279 e. The fraction of sp³-hybridized carbons (Fsp3) is 1.00. The fourth-order valence-electron chi connectivity index (χ4n) is 2.29. The Morgan fingerprint density at radius 1 is 1.40 bits per heavy atom. The molecule has 0 aromatic heterocycles. The molecule has 0 amide bonds. The number of fused-ring (bicyclic) bond motifs is 1. The summed E-state index contributed by atoms with van der Waals surface area (Å²) < 4.78 is 27.8. The van der Waals surface area contributed by atoms with Crippen molar-refractivity contribution in [3.8, 4) is 0 Å². The highest BCUT2D eigenvalue weighted by Gasteiger charge is 2.54. The van der Waals surface area contributed by atoms with Crippen molar-refractivity contribution in [2.45, 2.75) is 19.4 Å². The Morgan fingerprint density at radius 2 is 2.00 bits per heavy atom. The zero-order valence-corrected chi connectivity index (χ0v) is 10.0. The molecule has 5 nitrogen and oxygen atoms in total. The van der Waals surface area contributed by atoms with Crippen LogP contribution in [0, 0.1) is 11.8 Å². The summed E-state index contributed by atoms with van der Waals surface area (Å²) in [6.07, 6.45) is 0.844. The van der Waals surface area contributed by atoms with Gasteiger partial charge in [0.1, 0.15) is 0 Å². The van der Waals surface area contributed by atoms with Crippen molar-refractivity contribution in [3.63, 3.8) is 0 Å². The molecular weight excluding hydrogens is 214 g/mol. The standard InChI is InChI=1S/C9H19N3O2S/c1-3-4-12(2)15(13,14)11-9-7-5-10-6-8(7)9/h7-11H,3-6H2,1-2H3. The van der Waals surface area contributed by atoms with Gasteiger partial charge >= 0.3 is 0 Å². The van der Waals surface area contributed by atoms with Crippen LogP contribution in [0.4, 0.5) is 0 Å². The van der Waals surface area contributed by atoms with E-state index in [2.05, 4.69) is 10.0 Å². The lowest BCUT2D eigenvalue weighted by Gasteiger charge is -2.17. The molecule has 0 aromatic rings. The van der Waals surface area contributed by atoms with E-state index >= 15 is 0 Å². The van der Waals surface area contributed by atoms with Crippen LogP contribution in [-0.2, 0) is 10.2 Å². The van der Waals surface area contributed by atoms with Crippen molar-refractivity contribution in [1.82, 2.24) is 14.3 Å². The number of hydrogen-bond acceptors (Lipinski definition) is 3. The largest absolute Gasteiger partial charge is 0.316 e. The molecule has 88 valence electrons. The van der Waals surface area contributed by atoms with Gasteiger partial charge in [0.15, 0.2) is 0 Å². The molecule has 2 aliphatic rings. The van der Waals surface area contributed by atoms with Crippen LogP contribution in [0.2, 0.25) is 0 Å². The van der Waals surface area contributed by atoms with Gasteiger partial charge in [0.25, 0.3) is 10.2 Å². The van der Waals surface area contributed by atoms with Crippen LogP contribution in [0.1, 0.15) is 13.3 Å². The summed E-state index contributed by atoms with van der Waals surface area (Å²) in [5.41, 5.74) is 0. The molecular formula is C9H19N3O2S. The number of nitrogens with one attached hydrogen (secondary N) is 2. The lowest BCUT2D eigenvalue weighted by Crippen LogP contribution is -2.42. The summed E-state index contributed by atoms with van der Waals surface area (Å²) in [6, 6.07) is 0.176. The molecule has 1 aliphatic heterocycles. The second kappa shape index (κ2) is 4.01. The molecule has 0 spiro atoms. The topological polar surface area (TPSA) is 61.4 Å². The van der Waals surface area contributed by atoms with Gasteiger partial charge in [-0.2, -0.15) is 17.4 Å². The van der Waals surface area contributed by atoms with Crippen LogP contribution in [0.5, 0.6) is 0 Å². The van der Waals surface area contributed by atoms with Crippen LogP contribution >= 0.6 is 0 Å². The smallest absolute Gasteiger partial charge is 0.279 e. The van der Waals surface area contributed by atoms with Gasteiger partial charge in [-0.25, -0.2) is 0 Å². The zero-order valence-electron chi connectivity index (χ0n) is 9.23. The van der Waals surface area contributed by atoms with Gasteiger partial charge in [-0.05, 0) is 31.3 Å². The fourth-order valence-corrected chi connectivity index (χ4v) is 3.59. The minimum atomic E-state index is -3.25. The lowest BCUT2D eigenvalue weighted by atomic mass is 10.4. The second-order valence-corrected chi connectivity index (χ2v) is 6.27. The number of hydrogen-bond donors (Lipinski definition) is 2. The number of nitrogens with zero attached hydrogens (tertiary/aromatic N) is 1. The van der Waals surface area contributed by atoms with Gasteiger partial charge in [-0.1, -0.05) is 6.92 Å². The molecule has 2 atom stereocenters. The zero-order chi connectivity index (χ0) is 11.1. The highest BCUT2D eigenvalue weighted by atomic mass is 32.2. The summed E-state index contributed by atoms with van der Waals surface area (Å²) in [4.78, 5) is 0.